The molecule has 0 spiro atoms. The molecule has 0 unspecified atom stereocenters. The van der Waals surface area contributed by atoms with Crippen LogP contribution in [0.3, 0.4) is 0 Å². The average molecular weight is 572 g/mol. The fourth-order valence-electron chi connectivity index (χ4n) is 3.71. The first kappa shape index (κ1) is 21.1. The van der Waals surface area contributed by atoms with Gasteiger partial charge in [-0.25, -0.2) is 9.97 Å². The molecule has 6 rings (SSSR count). The number of halogens is 2. The van der Waals surface area contributed by atoms with Crippen molar-refractivity contribution < 1.29 is 8.83 Å². The zero-order chi connectivity index (χ0) is 23.1. The molecule has 0 saturated heterocycles. The van der Waals surface area contributed by atoms with Gasteiger partial charge in [0, 0.05) is 20.1 Å². The number of oxazole rings is 2. The van der Waals surface area contributed by atoms with Gasteiger partial charge in [0.1, 0.15) is 11.0 Å². The summed E-state index contributed by atoms with van der Waals surface area (Å²) in [5.74, 6) is 1.23. The van der Waals surface area contributed by atoms with Gasteiger partial charge in [-0.3, -0.25) is 0 Å². The second-order valence-electron chi connectivity index (χ2n) is 7.84. The summed E-state index contributed by atoms with van der Waals surface area (Å²) in [5.41, 5.74) is 7.29. The molecule has 0 atom stereocenters. The van der Waals surface area contributed by atoms with E-state index >= 15 is 0 Å². The van der Waals surface area contributed by atoms with Crippen molar-refractivity contribution in [2.45, 2.75) is 0 Å². The number of rotatable bonds is 4. The first-order valence-corrected chi connectivity index (χ1v) is 12.2. The highest BCUT2D eigenvalue weighted by Gasteiger charge is 2.09. The van der Waals surface area contributed by atoms with Crippen LogP contribution in [-0.4, -0.2) is 9.97 Å². The Labute approximate surface area is 212 Å². The number of hydrogen-bond acceptors (Lipinski definition) is 4. The summed E-state index contributed by atoms with van der Waals surface area (Å²) in [4.78, 5) is 9.16. The van der Waals surface area contributed by atoms with Gasteiger partial charge < -0.3 is 8.83 Å². The molecular formula is C28H16Br2N2O2. The minimum atomic E-state index is 0.616. The van der Waals surface area contributed by atoms with Crippen LogP contribution in [-0.2, 0) is 0 Å². The van der Waals surface area contributed by atoms with Crippen LogP contribution in [0.2, 0.25) is 0 Å². The van der Waals surface area contributed by atoms with Crippen molar-refractivity contribution in [1.82, 2.24) is 9.97 Å². The molecule has 34 heavy (non-hydrogen) atoms. The predicted molar refractivity (Wildman–Crippen MR) is 143 cm³/mol. The van der Waals surface area contributed by atoms with Crippen molar-refractivity contribution >= 4 is 66.2 Å². The quantitative estimate of drug-likeness (QED) is 0.198. The SMILES string of the molecule is Brc1ccc2nc(-c3ccc(C=Cc4ccc(-c5nc6ccc(Br)cc6o5)cc4)cc3)oc2c1. The van der Waals surface area contributed by atoms with Crippen LogP contribution >= 0.6 is 31.9 Å². The smallest absolute Gasteiger partial charge is 0.227 e. The second-order valence-corrected chi connectivity index (χ2v) is 9.67. The predicted octanol–water partition coefficient (Wildman–Crippen LogP) is 9.00. The van der Waals surface area contributed by atoms with E-state index in [0.717, 1.165) is 53.4 Å². The summed E-state index contributed by atoms with van der Waals surface area (Å²) in [6, 6.07) is 28.0. The molecule has 6 aromatic rings. The molecule has 0 amide bonds. The van der Waals surface area contributed by atoms with Crippen molar-refractivity contribution in [1.29, 1.82) is 0 Å². The molecule has 4 nitrogen and oxygen atoms in total. The van der Waals surface area contributed by atoms with E-state index < -0.39 is 0 Å². The lowest BCUT2D eigenvalue weighted by molar-refractivity contribution is 0.619. The maximum absolute atomic E-state index is 5.90. The molecule has 0 aliphatic carbocycles. The van der Waals surface area contributed by atoms with Gasteiger partial charge in [0.25, 0.3) is 0 Å². The van der Waals surface area contributed by atoms with E-state index in [-0.39, 0.29) is 0 Å². The Morgan fingerprint density at radius 1 is 0.529 bits per heavy atom. The lowest BCUT2D eigenvalue weighted by Gasteiger charge is -1.99. The third kappa shape index (κ3) is 4.22. The standard InChI is InChI=1S/C28H16Br2N2O2/c29-21-11-13-23-25(15-21)33-27(31-23)19-7-3-17(4-8-19)1-2-18-5-9-20(10-6-18)28-32-24-14-12-22(30)16-26(24)34-28/h1-16H. The summed E-state index contributed by atoms with van der Waals surface area (Å²) in [6.45, 7) is 0. The summed E-state index contributed by atoms with van der Waals surface area (Å²) in [7, 11) is 0. The molecule has 2 heterocycles. The van der Waals surface area contributed by atoms with Crippen LogP contribution < -0.4 is 0 Å². The molecule has 2 aromatic heterocycles. The topological polar surface area (TPSA) is 52.1 Å². The summed E-state index contributed by atoms with van der Waals surface area (Å²) >= 11 is 6.93. The highest BCUT2D eigenvalue weighted by molar-refractivity contribution is 9.10. The molecule has 6 heteroatoms. The normalized spacial score (nSPS) is 11.7. The minimum Gasteiger partial charge on any atom is -0.436 e. The molecule has 164 valence electrons. The number of aromatic nitrogens is 2. The van der Waals surface area contributed by atoms with Gasteiger partial charge in [-0.05, 0) is 71.8 Å². The molecule has 0 fully saturated rings. The van der Waals surface area contributed by atoms with Gasteiger partial charge >= 0.3 is 0 Å². The second kappa shape index (κ2) is 8.70. The summed E-state index contributed by atoms with van der Waals surface area (Å²) in [5, 5.41) is 0. The Morgan fingerprint density at radius 2 is 0.941 bits per heavy atom. The Morgan fingerprint density at radius 3 is 1.35 bits per heavy atom. The highest BCUT2D eigenvalue weighted by atomic mass is 79.9. The number of hydrogen-bond donors (Lipinski definition) is 0. The number of fused-ring (bicyclic) bond motifs is 2. The van der Waals surface area contributed by atoms with E-state index in [2.05, 4.69) is 78.2 Å². The lowest BCUT2D eigenvalue weighted by atomic mass is 10.1. The van der Waals surface area contributed by atoms with Crippen LogP contribution in [0, 0.1) is 0 Å². The van der Waals surface area contributed by atoms with Crippen molar-refractivity contribution in [3.63, 3.8) is 0 Å². The Bertz CT molecular complexity index is 1540. The third-order valence-electron chi connectivity index (χ3n) is 5.48. The average Bonchev–Trinajstić information content (AvgIpc) is 3.47. The van der Waals surface area contributed by atoms with Crippen LogP contribution in [0.15, 0.2) is 103 Å². The monoisotopic (exact) mass is 570 g/mol. The summed E-state index contributed by atoms with van der Waals surface area (Å²) < 4.78 is 13.7. The van der Waals surface area contributed by atoms with E-state index in [9.17, 15) is 0 Å². The maximum atomic E-state index is 5.90. The van der Waals surface area contributed by atoms with Crippen molar-refractivity contribution in [3.8, 4) is 22.9 Å². The van der Waals surface area contributed by atoms with Crippen molar-refractivity contribution in [2.75, 3.05) is 0 Å². The number of nitrogens with zero attached hydrogens (tertiary/aromatic N) is 2. The summed E-state index contributed by atoms with van der Waals surface area (Å²) in [6.07, 6.45) is 4.16. The largest absolute Gasteiger partial charge is 0.436 e. The van der Waals surface area contributed by atoms with E-state index in [1.165, 1.54) is 0 Å². The molecule has 0 aliphatic rings. The molecule has 0 radical (unpaired) electrons. The lowest BCUT2D eigenvalue weighted by Crippen LogP contribution is -1.79. The molecule has 0 aliphatic heterocycles. The fourth-order valence-corrected chi connectivity index (χ4v) is 4.39. The zero-order valence-electron chi connectivity index (χ0n) is 17.7. The maximum Gasteiger partial charge on any atom is 0.227 e. The van der Waals surface area contributed by atoms with Gasteiger partial charge in [-0.15, -0.1) is 0 Å². The first-order valence-electron chi connectivity index (χ1n) is 10.6. The molecule has 0 N–H and O–H groups in total. The van der Waals surface area contributed by atoms with Gasteiger partial charge in [0.05, 0.1) is 0 Å². The van der Waals surface area contributed by atoms with Crippen LogP contribution in [0.5, 0.6) is 0 Å². The molecule has 4 aromatic carbocycles. The van der Waals surface area contributed by atoms with Crippen molar-refractivity contribution in [3.05, 3.63) is 105 Å². The van der Waals surface area contributed by atoms with Crippen LogP contribution in [0.4, 0.5) is 0 Å². The van der Waals surface area contributed by atoms with Gasteiger partial charge in [0.15, 0.2) is 11.2 Å². The van der Waals surface area contributed by atoms with E-state index in [1.807, 2.05) is 60.7 Å². The Balaban J connectivity index is 1.18. The minimum absolute atomic E-state index is 0.616. The van der Waals surface area contributed by atoms with E-state index in [0.29, 0.717) is 11.8 Å². The zero-order valence-corrected chi connectivity index (χ0v) is 20.9. The third-order valence-corrected chi connectivity index (χ3v) is 6.47. The van der Waals surface area contributed by atoms with E-state index in [1.54, 1.807) is 0 Å². The van der Waals surface area contributed by atoms with Gasteiger partial charge in [0.2, 0.25) is 11.8 Å². The van der Waals surface area contributed by atoms with E-state index in [4.69, 9.17) is 8.83 Å². The Hall–Kier alpha value is -3.48. The highest BCUT2D eigenvalue weighted by Crippen LogP contribution is 2.28. The van der Waals surface area contributed by atoms with Gasteiger partial charge in [-0.1, -0.05) is 68.3 Å². The molecule has 0 bridgehead atoms. The van der Waals surface area contributed by atoms with Crippen LogP contribution in [0.1, 0.15) is 11.1 Å². The molecular weight excluding hydrogens is 556 g/mol. The van der Waals surface area contributed by atoms with Crippen molar-refractivity contribution in [2.24, 2.45) is 0 Å². The van der Waals surface area contributed by atoms with Gasteiger partial charge in [-0.2, -0.15) is 0 Å². The number of benzene rings is 4. The molecule has 0 saturated carbocycles. The first-order chi connectivity index (χ1) is 16.6. The Kier molecular flexibility index (Phi) is 5.40. The van der Waals surface area contributed by atoms with Crippen LogP contribution in [0.25, 0.3) is 57.3 Å². The fraction of sp³-hybridized carbons (Fsp3) is 0.